The van der Waals surface area contributed by atoms with Crippen LogP contribution in [0.2, 0.25) is 0 Å². The molecule has 1 aromatic carbocycles. The van der Waals surface area contributed by atoms with E-state index in [0.29, 0.717) is 28.9 Å². The van der Waals surface area contributed by atoms with Crippen LogP contribution in [0.15, 0.2) is 35.1 Å². The molecule has 0 fully saturated rings. The van der Waals surface area contributed by atoms with Crippen LogP contribution < -0.4 is 5.56 Å². The van der Waals surface area contributed by atoms with Crippen LogP contribution in [0.5, 0.6) is 0 Å². The van der Waals surface area contributed by atoms with Crippen molar-refractivity contribution in [1.82, 2.24) is 9.55 Å². The normalized spacial score (nSPS) is 12.4. The first-order chi connectivity index (χ1) is 12.0. The fourth-order valence-electron chi connectivity index (χ4n) is 3.21. The highest BCUT2D eigenvalue weighted by Gasteiger charge is 2.26. The number of carbonyl (C=O) groups is 1. The Morgan fingerprint density at radius 1 is 1.28 bits per heavy atom. The Kier molecular flexibility index (Phi) is 4.72. The van der Waals surface area contributed by atoms with E-state index in [0.717, 1.165) is 16.0 Å². The average molecular weight is 356 g/mol. The second-order valence-electron chi connectivity index (χ2n) is 5.90. The number of hydrogen-bond acceptors (Lipinski definition) is 4. The smallest absolute Gasteiger partial charge is 0.326 e. The molecule has 0 saturated heterocycles. The van der Waals surface area contributed by atoms with Crippen molar-refractivity contribution < 1.29 is 9.90 Å². The Morgan fingerprint density at radius 3 is 2.52 bits per heavy atom. The summed E-state index contributed by atoms with van der Waals surface area (Å²) < 4.78 is 1.36. The number of thiophene rings is 1. The van der Waals surface area contributed by atoms with Gasteiger partial charge in [0.05, 0.1) is 5.39 Å². The molecule has 0 aliphatic heterocycles. The first kappa shape index (κ1) is 17.4. The molecule has 0 bridgehead atoms. The van der Waals surface area contributed by atoms with E-state index >= 15 is 0 Å². The zero-order valence-corrected chi connectivity index (χ0v) is 15.3. The topological polar surface area (TPSA) is 72.2 Å². The molecule has 1 atom stereocenters. The van der Waals surface area contributed by atoms with Crippen LogP contribution in [0.3, 0.4) is 0 Å². The Labute approximate surface area is 149 Å². The molecule has 2 heterocycles. The lowest BCUT2D eigenvalue weighted by atomic mass is 10.0. The minimum atomic E-state index is -1.01. The summed E-state index contributed by atoms with van der Waals surface area (Å²) in [5.74, 6) is -0.485. The van der Waals surface area contributed by atoms with Crippen LogP contribution in [0.1, 0.15) is 37.0 Å². The van der Waals surface area contributed by atoms with E-state index in [1.165, 1.54) is 15.9 Å². The number of rotatable bonds is 5. The molecular weight excluding hydrogens is 336 g/mol. The molecular formula is C19H20N2O3S. The van der Waals surface area contributed by atoms with E-state index in [-0.39, 0.29) is 5.56 Å². The number of fused-ring (bicyclic) bond motifs is 1. The molecule has 5 nitrogen and oxygen atoms in total. The Morgan fingerprint density at radius 2 is 1.96 bits per heavy atom. The van der Waals surface area contributed by atoms with Crippen LogP contribution >= 0.6 is 11.3 Å². The summed E-state index contributed by atoms with van der Waals surface area (Å²) in [5.41, 5.74) is 1.54. The standard InChI is InChI=1S/C19H20N2O3S/c1-4-13(19(23)24)21-14(5-2)20-17-16(18(21)22)15(11(3)25-17)12-9-7-6-8-10-12/h6-10,13H,4-5H2,1-3H3,(H,23,24). The Bertz CT molecular complexity index is 989. The highest BCUT2D eigenvalue weighted by Crippen LogP contribution is 2.36. The summed E-state index contributed by atoms with van der Waals surface area (Å²) >= 11 is 1.48. The molecule has 2 aromatic heterocycles. The maximum Gasteiger partial charge on any atom is 0.326 e. The second kappa shape index (κ2) is 6.80. The molecule has 3 aromatic rings. The SMILES string of the molecule is CCc1nc2sc(C)c(-c3ccccc3)c2c(=O)n1C(CC)C(=O)O. The molecule has 0 spiro atoms. The first-order valence-corrected chi connectivity index (χ1v) is 9.13. The van der Waals surface area contributed by atoms with Crippen molar-refractivity contribution in [3.8, 4) is 11.1 Å². The number of hydrogen-bond donors (Lipinski definition) is 1. The van der Waals surface area contributed by atoms with Gasteiger partial charge in [-0.1, -0.05) is 44.2 Å². The minimum Gasteiger partial charge on any atom is -0.480 e. The molecule has 0 aliphatic carbocycles. The third kappa shape index (κ3) is 2.87. The molecule has 0 amide bonds. The van der Waals surface area contributed by atoms with E-state index in [2.05, 4.69) is 4.98 Å². The lowest BCUT2D eigenvalue weighted by Crippen LogP contribution is -2.33. The molecule has 3 rings (SSSR count). The fraction of sp³-hybridized carbons (Fsp3) is 0.316. The quantitative estimate of drug-likeness (QED) is 0.749. The molecule has 0 saturated carbocycles. The van der Waals surface area contributed by atoms with E-state index in [1.54, 1.807) is 6.92 Å². The van der Waals surface area contributed by atoms with Gasteiger partial charge in [0, 0.05) is 16.9 Å². The third-order valence-electron chi connectivity index (χ3n) is 4.37. The van der Waals surface area contributed by atoms with E-state index in [9.17, 15) is 14.7 Å². The zero-order chi connectivity index (χ0) is 18.1. The molecule has 6 heteroatoms. The van der Waals surface area contributed by atoms with Gasteiger partial charge in [-0.2, -0.15) is 0 Å². The molecule has 0 aliphatic rings. The van der Waals surface area contributed by atoms with Crippen molar-refractivity contribution in [3.05, 3.63) is 51.4 Å². The van der Waals surface area contributed by atoms with E-state index in [1.807, 2.05) is 44.2 Å². The van der Waals surface area contributed by atoms with Crippen LogP contribution in [0.4, 0.5) is 0 Å². The largest absolute Gasteiger partial charge is 0.480 e. The van der Waals surface area contributed by atoms with Crippen LogP contribution in [-0.2, 0) is 11.2 Å². The van der Waals surface area contributed by atoms with Crippen LogP contribution in [-0.4, -0.2) is 20.6 Å². The number of aromatic nitrogens is 2. The Hall–Kier alpha value is -2.47. The number of carboxylic acids is 1. The van der Waals surface area contributed by atoms with Crippen molar-refractivity contribution in [3.63, 3.8) is 0 Å². The summed E-state index contributed by atoms with van der Waals surface area (Å²) in [6.45, 7) is 5.63. The third-order valence-corrected chi connectivity index (χ3v) is 5.37. The van der Waals surface area contributed by atoms with Gasteiger partial charge < -0.3 is 5.11 Å². The Balaban J connectivity index is 2.41. The first-order valence-electron chi connectivity index (χ1n) is 8.32. The summed E-state index contributed by atoms with van der Waals surface area (Å²) in [7, 11) is 0. The summed E-state index contributed by atoms with van der Waals surface area (Å²) in [6.07, 6.45) is 0.839. The van der Waals surface area contributed by atoms with Gasteiger partial charge in [-0.3, -0.25) is 9.36 Å². The number of aryl methyl sites for hydroxylation is 2. The highest BCUT2D eigenvalue weighted by atomic mass is 32.1. The predicted octanol–water partition coefficient (Wildman–Crippen LogP) is 4.03. The fourth-order valence-corrected chi connectivity index (χ4v) is 4.26. The summed E-state index contributed by atoms with van der Waals surface area (Å²) in [5, 5.41) is 10.1. The van der Waals surface area contributed by atoms with Gasteiger partial charge in [0.2, 0.25) is 0 Å². The van der Waals surface area contributed by atoms with Crippen molar-refractivity contribution in [1.29, 1.82) is 0 Å². The molecule has 130 valence electrons. The minimum absolute atomic E-state index is 0.265. The number of benzene rings is 1. The summed E-state index contributed by atoms with van der Waals surface area (Å²) in [4.78, 5) is 31.3. The van der Waals surface area contributed by atoms with E-state index in [4.69, 9.17) is 0 Å². The van der Waals surface area contributed by atoms with Gasteiger partial charge >= 0.3 is 5.97 Å². The molecule has 1 unspecified atom stereocenters. The maximum absolute atomic E-state index is 13.3. The van der Waals surface area contributed by atoms with Gasteiger partial charge in [-0.15, -0.1) is 11.3 Å². The van der Waals surface area contributed by atoms with Gasteiger partial charge in [-0.25, -0.2) is 9.78 Å². The maximum atomic E-state index is 13.3. The van der Waals surface area contributed by atoms with E-state index < -0.39 is 12.0 Å². The molecule has 0 radical (unpaired) electrons. The predicted molar refractivity (Wildman–Crippen MR) is 100 cm³/mol. The summed E-state index contributed by atoms with van der Waals surface area (Å²) in [6, 6.07) is 8.80. The van der Waals surface area contributed by atoms with Crippen molar-refractivity contribution in [2.24, 2.45) is 0 Å². The number of carboxylic acid groups (broad SMARTS) is 1. The lowest BCUT2D eigenvalue weighted by molar-refractivity contribution is -0.141. The highest BCUT2D eigenvalue weighted by molar-refractivity contribution is 7.19. The van der Waals surface area contributed by atoms with Gasteiger partial charge in [0.15, 0.2) is 0 Å². The van der Waals surface area contributed by atoms with Crippen molar-refractivity contribution in [2.45, 2.75) is 39.7 Å². The number of nitrogens with zero attached hydrogens (tertiary/aromatic N) is 2. The number of aliphatic carboxylic acids is 1. The lowest BCUT2D eigenvalue weighted by Gasteiger charge is -2.17. The molecule has 1 N–H and O–H groups in total. The zero-order valence-electron chi connectivity index (χ0n) is 14.4. The van der Waals surface area contributed by atoms with Gasteiger partial charge in [0.25, 0.3) is 5.56 Å². The van der Waals surface area contributed by atoms with Gasteiger partial charge in [0.1, 0.15) is 16.7 Å². The average Bonchev–Trinajstić information content (AvgIpc) is 2.94. The van der Waals surface area contributed by atoms with Crippen LogP contribution in [0.25, 0.3) is 21.3 Å². The monoisotopic (exact) mass is 356 g/mol. The second-order valence-corrected chi connectivity index (χ2v) is 7.10. The van der Waals surface area contributed by atoms with Crippen molar-refractivity contribution >= 4 is 27.5 Å². The molecule has 25 heavy (non-hydrogen) atoms. The van der Waals surface area contributed by atoms with Crippen LogP contribution in [0, 0.1) is 6.92 Å². The van der Waals surface area contributed by atoms with Crippen molar-refractivity contribution in [2.75, 3.05) is 0 Å². The van der Waals surface area contributed by atoms with Gasteiger partial charge in [-0.05, 0) is 18.9 Å².